The number of hydrogen-bond acceptors (Lipinski definition) is 5. The zero-order valence-corrected chi connectivity index (χ0v) is 20.6. The molecule has 1 saturated carbocycles. The molecular weight excluding hydrogens is 509 g/mol. The van der Waals surface area contributed by atoms with Crippen LogP contribution in [0.4, 0.5) is 30.9 Å². The highest BCUT2D eigenvalue weighted by Gasteiger charge is 2.65. The molecule has 5 nitrogen and oxygen atoms in total. The van der Waals surface area contributed by atoms with Gasteiger partial charge in [-0.1, -0.05) is 31.6 Å². The number of aryl methyl sites for hydroxylation is 1. The Morgan fingerprint density at radius 1 is 1.11 bits per heavy atom. The first kappa shape index (κ1) is 24.8. The maximum absolute atomic E-state index is 13.0. The Balaban J connectivity index is 1.32. The molecule has 1 aromatic heterocycles. The van der Waals surface area contributed by atoms with Crippen LogP contribution < -0.4 is 10.2 Å². The normalized spacial score (nSPS) is 24.3. The summed E-state index contributed by atoms with van der Waals surface area (Å²) in [6.07, 6.45) is 4.61. The number of nitrogens with zero attached hydrogens (tertiary/aromatic N) is 2. The van der Waals surface area contributed by atoms with Gasteiger partial charge in [0.15, 0.2) is 0 Å². The predicted molar refractivity (Wildman–Crippen MR) is 129 cm³/mol. The van der Waals surface area contributed by atoms with Gasteiger partial charge < -0.3 is 15.3 Å². The Labute approximate surface area is 203 Å². The third kappa shape index (κ3) is 4.89. The van der Waals surface area contributed by atoms with Gasteiger partial charge in [0.2, 0.25) is 0 Å². The third-order valence-electron chi connectivity index (χ3n) is 7.41. The Kier molecular flexibility index (Phi) is 5.51. The zero-order chi connectivity index (χ0) is 25.1. The van der Waals surface area contributed by atoms with Crippen LogP contribution in [0.1, 0.15) is 49.3 Å². The van der Waals surface area contributed by atoms with Crippen molar-refractivity contribution in [2.45, 2.75) is 59.8 Å². The number of aliphatic hydroxyl groups excluding tert-OH is 1. The maximum Gasteiger partial charge on any atom is 0.310 e. The minimum Gasteiger partial charge on any atom is -0.394 e. The molecule has 3 heterocycles. The molecule has 12 heteroatoms. The van der Waals surface area contributed by atoms with E-state index in [0.717, 1.165) is 48.6 Å². The summed E-state index contributed by atoms with van der Waals surface area (Å²) in [4.78, 5) is 5.71. The SMILES string of the molecule is O=S1CCc2nc(N3CCC(c4ccc(S(F)(F)(F)(F)F)cc4)CC3)cc(NC3(CO)CCC3)c21. The Morgan fingerprint density at radius 2 is 1.77 bits per heavy atom. The first-order chi connectivity index (χ1) is 16.3. The summed E-state index contributed by atoms with van der Waals surface area (Å²) in [5.41, 5.74) is 1.77. The maximum atomic E-state index is 13.0. The number of fused-ring (bicyclic) bond motifs is 1. The highest BCUT2D eigenvalue weighted by molar-refractivity contribution is 8.45. The summed E-state index contributed by atoms with van der Waals surface area (Å²) in [7, 11) is -10.8. The first-order valence-corrected chi connectivity index (χ1v) is 14.9. The van der Waals surface area contributed by atoms with Crippen LogP contribution >= 0.6 is 10.2 Å². The van der Waals surface area contributed by atoms with Gasteiger partial charge in [-0.05, 0) is 55.7 Å². The summed E-state index contributed by atoms with van der Waals surface area (Å²) >= 11 is 0. The molecule has 1 atom stereocenters. The molecule has 2 fully saturated rings. The minimum atomic E-state index is -9.67. The van der Waals surface area contributed by atoms with E-state index >= 15 is 0 Å². The van der Waals surface area contributed by atoms with Crippen LogP contribution in [0, 0.1) is 0 Å². The van der Waals surface area contributed by atoms with Gasteiger partial charge in [-0.15, -0.1) is 0 Å². The van der Waals surface area contributed by atoms with Crippen LogP contribution in [-0.2, 0) is 17.2 Å². The summed E-state index contributed by atoms with van der Waals surface area (Å²) in [5.74, 6) is 1.22. The molecule has 0 spiro atoms. The monoisotopic (exact) mass is 537 g/mol. The second-order valence-corrected chi connectivity index (χ2v) is 13.7. The second kappa shape index (κ2) is 7.79. The Hall–Kier alpha value is -1.92. The Morgan fingerprint density at radius 3 is 2.31 bits per heavy atom. The van der Waals surface area contributed by atoms with E-state index in [4.69, 9.17) is 4.98 Å². The van der Waals surface area contributed by atoms with Crippen molar-refractivity contribution in [3.63, 3.8) is 0 Å². The van der Waals surface area contributed by atoms with Gasteiger partial charge in [0.25, 0.3) is 0 Å². The van der Waals surface area contributed by atoms with Gasteiger partial charge in [-0.25, -0.2) is 4.98 Å². The van der Waals surface area contributed by atoms with Crippen LogP contribution in [-0.4, -0.2) is 45.3 Å². The van der Waals surface area contributed by atoms with Crippen molar-refractivity contribution in [1.29, 1.82) is 0 Å². The molecule has 2 aromatic rings. The lowest BCUT2D eigenvalue weighted by Crippen LogP contribution is -2.48. The fourth-order valence-corrected chi connectivity index (χ4v) is 7.19. The van der Waals surface area contributed by atoms with Crippen LogP contribution in [0.15, 0.2) is 40.1 Å². The second-order valence-electron chi connectivity index (χ2n) is 9.82. The molecule has 2 N–H and O–H groups in total. The lowest BCUT2D eigenvalue weighted by atomic mass is 9.77. The van der Waals surface area contributed by atoms with Gasteiger partial charge >= 0.3 is 10.2 Å². The van der Waals surface area contributed by atoms with Gasteiger partial charge in [-0.3, -0.25) is 4.21 Å². The molecule has 35 heavy (non-hydrogen) atoms. The molecule has 3 aliphatic rings. The fraction of sp³-hybridized carbons (Fsp3) is 0.522. The molecule has 2 aliphatic heterocycles. The smallest absolute Gasteiger partial charge is 0.310 e. The van der Waals surface area contributed by atoms with Gasteiger partial charge in [-0.2, -0.15) is 0 Å². The van der Waals surface area contributed by atoms with E-state index in [9.17, 15) is 28.7 Å². The highest BCUT2D eigenvalue weighted by atomic mass is 32.5. The van der Waals surface area contributed by atoms with Gasteiger partial charge in [0.05, 0.1) is 39.2 Å². The Bertz CT molecular complexity index is 1160. The lowest BCUT2D eigenvalue weighted by molar-refractivity contribution is 0.144. The van der Waals surface area contributed by atoms with Gasteiger partial charge in [0, 0.05) is 31.3 Å². The van der Waals surface area contributed by atoms with Gasteiger partial charge in [0.1, 0.15) is 10.7 Å². The van der Waals surface area contributed by atoms with Crippen LogP contribution in [0.2, 0.25) is 0 Å². The van der Waals surface area contributed by atoms with E-state index in [1.54, 1.807) is 0 Å². The molecule has 194 valence electrons. The molecule has 0 bridgehead atoms. The average Bonchev–Trinajstić information content (AvgIpc) is 3.16. The molecule has 1 aromatic carbocycles. The van der Waals surface area contributed by atoms with E-state index < -0.39 is 31.5 Å². The zero-order valence-electron chi connectivity index (χ0n) is 19.0. The first-order valence-electron chi connectivity index (χ1n) is 11.7. The number of aromatic nitrogens is 1. The minimum absolute atomic E-state index is 0.00172. The van der Waals surface area contributed by atoms with E-state index in [1.807, 2.05) is 6.07 Å². The summed E-state index contributed by atoms with van der Waals surface area (Å²) in [6, 6.07) is 5.18. The topological polar surface area (TPSA) is 65.5 Å². The van der Waals surface area contributed by atoms with Crippen molar-refractivity contribution < 1.29 is 28.7 Å². The number of anilines is 2. The summed E-state index contributed by atoms with van der Waals surface area (Å²) in [5, 5.41) is 13.3. The van der Waals surface area contributed by atoms with E-state index in [-0.39, 0.29) is 12.5 Å². The number of piperidine rings is 1. The number of hydrogen-bond donors (Lipinski definition) is 2. The van der Waals surface area contributed by atoms with Crippen molar-refractivity contribution in [1.82, 2.24) is 4.98 Å². The quantitative estimate of drug-likeness (QED) is 0.435. The average molecular weight is 538 g/mol. The van der Waals surface area contributed by atoms with Crippen molar-refractivity contribution in [2.24, 2.45) is 0 Å². The number of nitrogens with one attached hydrogen (secondary N) is 1. The summed E-state index contributed by atoms with van der Waals surface area (Å²) in [6.45, 7) is 1.21. The fourth-order valence-electron chi connectivity index (χ4n) is 5.19. The molecule has 0 amide bonds. The van der Waals surface area contributed by atoms with Crippen LogP contribution in [0.5, 0.6) is 0 Å². The van der Waals surface area contributed by atoms with Crippen LogP contribution in [0.25, 0.3) is 0 Å². The summed E-state index contributed by atoms with van der Waals surface area (Å²) < 4.78 is 77.7. The number of halogens is 5. The molecule has 1 unspecified atom stereocenters. The van der Waals surface area contributed by atoms with Crippen LogP contribution in [0.3, 0.4) is 0 Å². The molecule has 1 saturated heterocycles. The van der Waals surface area contributed by atoms with Crippen molar-refractivity contribution in [3.05, 3.63) is 41.6 Å². The largest absolute Gasteiger partial charge is 0.394 e. The number of aliphatic hydroxyl groups is 1. The van der Waals surface area contributed by atoms with Crippen molar-refractivity contribution >= 4 is 32.5 Å². The van der Waals surface area contributed by atoms with E-state index in [2.05, 4.69) is 10.2 Å². The number of pyridine rings is 1. The molecule has 1 aliphatic carbocycles. The third-order valence-corrected chi connectivity index (χ3v) is 10.1. The molecule has 5 rings (SSSR count). The van der Waals surface area contributed by atoms with Crippen molar-refractivity contribution in [2.75, 3.05) is 35.7 Å². The van der Waals surface area contributed by atoms with Crippen molar-refractivity contribution in [3.8, 4) is 0 Å². The molecule has 0 radical (unpaired) electrons. The highest BCUT2D eigenvalue weighted by Crippen LogP contribution is 3.02. The lowest BCUT2D eigenvalue weighted by Gasteiger charge is -2.42. The predicted octanol–water partition coefficient (Wildman–Crippen LogP) is 6.11. The van der Waals surface area contributed by atoms with E-state index in [1.165, 1.54) is 0 Å². The van der Waals surface area contributed by atoms with E-state index in [0.29, 0.717) is 60.7 Å². The number of benzene rings is 1. The standard InChI is InChI=1S/C23H28F5N3O2S2/c24-35(25,26,27,28)18-4-2-16(3-5-18)17-6-11-31(12-7-17)21-14-20(30-23(15-32)9-1-10-23)22-19(29-21)8-13-34(22)33/h2-5,14,17,32H,1,6-13,15H2,(H,29,30). The number of rotatable bonds is 6. The molecular formula is C23H28F5N3O2S2.